The molecule has 1 aromatic rings. The highest BCUT2D eigenvalue weighted by molar-refractivity contribution is 5.89. The third kappa shape index (κ3) is 3.72. The molecule has 1 aromatic carbocycles. The molecule has 2 N–H and O–H groups in total. The van der Waals surface area contributed by atoms with Gasteiger partial charge in [-0.05, 0) is 31.0 Å². The van der Waals surface area contributed by atoms with Crippen LogP contribution >= 0.6 is 0 Å². The largest absolute Gasteiger partial charge is 0.458 e. The summed E-state index contributed by atoms with van der Waals surface area (Å²) in [4.78, 5) is 29.3. The lowest BCUT2D eigenvalue weighted by molar-refractivity contribution is -0.300. The molecule has 1 spiro atoms. The van der Waals surface area contributed by atoms with Gasteiger partial charge >= 0.3 is 11.9 Å². The standard InChI is InChI=1S/C34H47NO10/c1-7-35-16-31(17-40-3)21(37)13-22(41-4)34-20-14-32(39)23(42-5)15-33(45-18(2)36,25(28(34)35)26(43-6)27(31)34)24(20)29(32)44-30(38)19-11-9-8-10-12-19/h8-12,20-29,37,39H,7,13-17H2,1-6H3/t20-,21-,22+,23+,24-,25+,26-,27-,28-,29-,31+,32+,33+,34+/m1/s1. The first kappa shape index (κ1) is 31.5. The lowest BCUT2D eigenvalue weighted by atomic mass is 9.42. The van der Waals surface area contributed by atoms with Crippen molar-refractivity contribution >= 4 is 11.9 Å². The van der Waals surface area contributed by atoms with Crippen LogP contribution in [0.2, 0.25) is 0 Å². The summed E-state index contributed by atoms with van der Waals surface area (Å²) < 4.78 is 37.9. The number of carbonyl (C=O) groups excluding carboxylic acids is 2. The highest BCUT2D eigenvalue weighted by Gasteiger charge is 2.90. The minimum absolute atomic E-state index is 0.163. The highest BCUT2D eigenvalue weighted by Crippen LogP contribution is 2.80. The summed E-state index contributed by atoms with van der Waals surface area (Å²) in [6, 6.07) is 8.56. The average molecular weight is 630 g/mol. The van der Waals surface area contributed by atoms with Crippen molar-refractivity contribution in [3.8, 4) is 0 Å². The van der Waals surface area contributed by atoms with Gasteiger partial charge in [0.15, 0.2) is 0 Å². The third-order valence-electron chi connectivity index (χ3n) is 13.1. The fourth-order valence-electron chi connectivity index (χ4n) is 12.2. The van der Waals surface area contributed by atoms with Crippen molar-refractivity contribution in [1.29, 1.82) is 0 Å². The Balaban J connectivity index is 1.50. The molecule has 6 fully saturated rings. The summed E-state index contributed by atoms with van der Waals surface area (Å²) >= 11 is 0. The zero-order valence-corrected chi connectivity index (χ0v) is 27.0. The van der Waals surface area contributed by atoms with Crippen molar-refractivity contribution in [2.24, 2.45) is 34.5 Å². The SMILES string of the molecule is CCN1C[C@]2(COC)[C@H](O)C[C@H](OC)[C@@]34[C@@H]5C[C@]6(O)[C@@H](OC)C[C@](OC(C)=O)([C@H]5[C@H]6OC(=O)c5ccccc5)[C@@H]([C@@H](OC)[C@H]23)[C@@H]14. The van der Waals surface area contributed by atoms with Crippen LogP contribution in [0.4, 0.5) is 0 Å². The van der Waals surface area contributed by atoms with Gasteiger partial charge in [-0.15, -0.1) is 0 Å². The van der Waals surface area contributed by atoms with Crippen LogP contribution in [0.15, 0.2) is 30.3 Å². The first-order chi connectivity index (χ1) is 21.5. The molecule has 6 aliphatic rings. The van der Waals surface area contributed by atoms with Crippen molar-refractivity contribution in [2.45, 2.75) is 80.9 Å². The van der Waals surface area contributed by atoms with E-state index in [2.05, 4.69) is 11.8 Å². The van der Waals surface area contributed by atoms with Crippen molar-refractivity contribution in [3.05, 3.63) is 35.9 Å². The van der Waals surface area contributed by atoms with Crippen molar-refractivity contribution in [1.82, 2.24) is 4.90 Å². The van der Waals surface area contributed by atoms with Gasteiger partial charge in [0.2, 0.25) is 0 Å². The normalized spacial score (nSPS) is 49.1. The summed E-state index contributed by atoms with van der Waals surface area (Å²) in [6.07, 6.45) is -2.55. The predicted octanol–water partition coefficient (Wildman–Crippen LogP) is 1.68. The molecule has 45 heavy (non-hydrogen) atoms. The van der Waals surface area contributed by atoms with E-state index in [-0.39, 0.29) is 30.7 Å². The van der Waals surface area contributed by atoms with E-state index in [1.807, 2.05) is 6.07 Å². The van der Waals surface area contributed by atoms with E-state index < -0.39 is 76.3 Å². The number of fused-ring (bicyclic) bond motifs is 2. The second-order valence-corrected chi connectivity index (χ2v) is 14.4. The van der Waals surface area contributed by atoms with E-state index in [9.17, 15) is 19.8 Å². The summed E-state index contributed by atoms with van der Waals surface area (Å²) in [6.45, 7) is 5.08. The molecule has 1 heterocycles. The predicted molar refractivity (Wildman–Crippen MR) is 159 cm³/mol. The lowest BCUT2D eigenvalue weighted by Gasteiger charge is -2.70. The molecular weight excluding hydrogens is 582 g/mol. The van der Waals surface area contributed by atoms with Crippen LogP contribution in [0.5, 0.6) is 0 Å². The van der Waals surface area contributed by atoms with Gasteiger partial charge in [-0.3, -0.25) is 9.69 Å². The highest BCUT2D eigenvalue weighted by atomic mass is 16.6. The second-order valence-electron chi connectivity index (χ2n) is 14.4. The number of likely N-dealkylation sites (tertiary alicyclic amines) is 1. The first-order valence-corrected chi connectivity index (χ1v) is 16.2. The monoisotopic (exact) mass is 629 g/mol. The van der Waals surface area contributed by atoms with Crippen molar-refractivity contribution < 1.29 is 48.2 Å². The molecule has 0 aromatic heterocycles. The molecule has 1 saturated heterocycles. The number of aliphatic hydroxyl groups is 2. The number of carbonyl (C=O) groups is 2. The number of hydrogen-bond acceptors (Lipinski definition) is 11. The number of hydrogen-bond donors (Lipinski definition) is 2. The molecule has 1 aliphatic heterocycles. The molecule has 0 unspecified atom stereocenters. The van der Waals surface area contributed by atoms with Gasteiger partial charge in [-0.1, -0.05) is 25.1 Å². The number of aliphatic hydroxyl groups excluding tert-OH is 1. The van der Waals surface area contributed by atoms with Gasteiger partial charge in [0.1, 0.15) is 17.3 Å². The van der Waals surface area contributed by atoms with E-state index in [1.165, 1.54) is 6.92 Å². The summed E-state index contributed by atoms with van der Waals surface area (Å²) in [5.74, 6) is -2.55. The number of ether oxygens (including phenoxy) is 6. The van der Waals surface area contributed by atoms with Crippen molar-refractivity contribution in [3.63, 3.8) is 0 Å². The van der Waals surface area contributed by atoms with Gasteiger partial charge < -0.3 is 38.6 Å². The van der Waals surface area contributed by atoms with Gasteiger partial charge in [0, 0.05) is 89.4 Å². The van der Waals surface area contributed by atoms with Gasteiger partial charge in [-0.2, -0.15) is 0 Å². The van der Waals surface area contributed by atoms with Crippen LogP contribution in [-0.2, 0) is 33.2 Å². The second kappa shape index (κ2) is 10.7. The van der Waals surface area contributed by atoms with E-state index in [1.54, 1.807) is 52.7 Å². The maximum Gasteiger partial charge on any atom is 0.338 e. The van der Waals surface area contributed by atoms with E-state index in [0.717, 1.165) is 0 Å². The minimum atomic E-state index is -1.55. The van der Waals surface area contributed by atoms with E-state index in [0.29, 0.717) is 31.7 Å². The minimum Gasteiger partial charge on any atom is -0.458 e. The summed E-state index contributed by atoms with van der Waals surface area (Å²) in [5, 5.41) is 24.8. The van der Waals surface area contributed by atoms with Gasteiger partial charge in [0.25, 0.3) is 0 Å². The fraction of sp³-hybridized carbons (Fsp3) is 0.765. The van der Waals surface area contributed by atoms with Gasteiger partial charge in [-0.25, -0.2) is 4.79 Å². The number of benzene rings is 1. The number of rotatable bonds is 9. The van der Waals surface area contributed by atoms with Crippen LogP contribution in [0.25, 0.3) is 0 Å². The van der Waals surface area contributed by atoms with Crippen molar-refractivity contribution in [2.75, 3.05) is 48.1 Å². The zero-order chi connectivity index (χ0) is 32.1. The molecule has 11 nitrogen and oxygen atoms in total. The number of piperidine rings is 1. The fourth-order valence-corrected chi connectivity index (χ4v) is 12.2. The lowest BCUT2D eigenvalue weighted by Crippen LogP contribution is -2.79. The zero-order valence-electron chi connectivity index (χ0n) is 27.0. The maximum absolute atomic E-state index is 13.7. The van der Waals surface area contributed by atoms with Crippen LogP contribution in [0.1, 0.15) is 43.5 Å². The Hall–Kier alpha value is -2.12. The Morgan fingerprint density at radius 2 is 1.71 bits per heavy atom. The van der Waals surface area contributed by atoms with Crippen LogP contribution in [0.3, 0.4) is 0 Å². The smallest absolute Gasteiger partial charge is 0.338 e. The molecule has 14 atom stereocenters. The molecule has 11 heteroatoms. The summed E-state index contributed by atoms with van der Waals surface area (Å²) in [7, 11) is 6.58. The Bertz CT molecular complexity index is 1330. The average Bonchev–Trinajstić information content (AvgIpc) is 3.40. The topological polar surface area (TPSA) is 133 Å². The molecule has 7 rings (SSSR count). The Morgan fingerprint density at radius 3 is 2.31 bits per heavy atom. The van der Waals surface area contributed by atoms with Crippen LogP contribution in [-0.4, -0.2) is 123 Å². The number of esters is 2. The molecule has 5 saturated carbocycles. The Labute approximate surface area is 264 Å². The molecule has 5 aliphatic carbocycles. The Kier molecular flexibility index (Phi) is 7.48. The maximum atomic E-state index is 13.7. The van der Waals surface area contributed by atoms with E-state index in [4.69, 9.17) is 28.4 Å². The summed E-state index contributed by atoms with van der Waals surface area (Å²) in [5.41, 5.74) is -3.74. The van der Waals surface area contributed by atoms with Crippen LogP contribution in [0, 0.1) is 34.5 Å². The Morgan fingerprint density at radius 1 is 1.00 bits per heavy atom. The van der Waals surface area contributed by atoms with E-state index >= 15 is 0 Å². The molecule has 0 amide bonds. The number of nitrogens with zero attached hydrogens (tertiary/aromatic N) is 1. The van der Waals surface area contributed by atoms with Gasteiger partial charge in [0.05, 0.1) is 36.6 Å². The quantitative estimate of drug-likeness (QED) is 0.387. The molecule has 248 valence electrons. The first-order valence-electron chi connectivity index (χ1n) is 16.2. The number of methoxy groups -OCH3 is 4. The third-order valence-corrected chi connectivity index (χ3v) is 13.1. The molecular formula is C34H47NO10. The molecule has 7 bridgehead atoms. The molecule has 0 radical (unpaired) electrons. The van der Waals surface area contributed by atoms with Crippen LogP contribution < -0.4 is 0 Å².